The van der Waals surface area contributed by atoms with Gasteiger partial charge >= 0.3 is 0 Å². The Balaban J connectivity index is 1.10. The number of rotatable bonds is 5. The van der Waals surface area contributed by atoms with Crippen LogP contribution in [0, 0.1) is 5.92 Å². The van der Waals surface area contributed by atoms with Crippen molar-refractivity contribution in [3.63, 3.8) is 0 Å². The van der Waals surface area contributed by atoms with Gasteiger partial charge in [0, 0.05) is 38.2 Å². The predicted molar refractivity (Wildman–Crippen MR) is 123 cm³/mol. The number of allylic oxidation sites excluding steroid dienone is 1. The molecule has 0 N–H and O–H groups in total. The van der Waals surface area contributed by atoms with Crippen molar-refractivity contribution < 1.29 is 19.1 Å². The van der Waals surface area contributed by atoms with E-state index in [9.17, 15) is 9.59 Å². The number of piperidine rings is 2. The third-order valence-electron chi connectivity index (χ3n) is 7.07. The predicted octanol–water partition coefficient (Wildman–Crippen LogP) is 2.21. The van der Waals surface area contributed by atoms with Gasteiger partial charge in [0.15, 0.2) is 11.5 Å². The minimum absolute atomic E-state index is 0.118. The fraction of sp³-hybridized carbons (Fsp3) is 0.652. The van der Waals surface area contributed by atoms with Gasteiger partial charge in [-0.05, 0) is 63.5 Å². The van der Waals surface area contributed by atoms with Crippen LogP contribution in [-0.2, 0) is 19.1 Å². The number of carbonyl (C=O) groups excluding carboxylic acids is 2. The van der Waals surface area contributed by atoms with E-state index >= 15 is 0 Å². The van der Waals surface area contributed by atoms with Crippen LogP contribution < -0.4 is 0 Å². The molecule has 0 saturated carbocycles. The van der Waals surface area contributed by atoms with E-state index < -0.39 is 5.92 Å². The van der Waals surface area contributed by atoms with Crippen molar-refractivity contribution in [1.29, 1.82) is 0 Å². The number of hydrogen-bond acceptors (Lipinski definition) is 6. The Morgan fingerprint density at radius 1 is 1.09 bits per heavy atom. The largest absolute Gasteiger partial charge is 0.454 e. The Morgan fingerprint density at radius 2 is 1.84 bits per heavy atom. The molecule has 0 radical (unpaired) electrons. The molecule has 9 heteroatoms. The van der Waals surface area contributed by atoms with Crippen molar-refractivity contribution >= 4 is 34.9 Å². The molecule has 4 heterocycles. The zero-order chi connectivity index (χ0) is 22.1. The Hall–Kier alpha value is -2.26. The van der Waals surface area contributed by atoms with Gasteiger partial charge in [0.05, 0.1) is 5.71 Å². The van der Waals surface area contributed by atoms with E-state index in [4.69, 9.17) is 21.7 Å². The monoisotopic (exact) mass is 458 g/mol. The topological polar surface area (TPSA) is 74.7 Å². The number of amides is 2. The summed E-state index contributed by atoms with van der Waals surface area (Å²) in [6.07, 6.45) is 10.6. The summed E-state index contributed by atoms with van der Waals surface area (Å²) in [7, 11) is 0. The highest BCUT2D eigenvalue weighted by Crippen LogP contribution is 2.31. The molecular weight excluding hydrogens is 428 g/mol. The van der Waals surface area contributed by atoms with Gasteiger partial charge in [0.1, 0.15) is 5.92 Å². The SMILES string of the molecule is O=C(CCCN1C(=O)C2C=C3OCOC3=CC2=NC1=S)N1CCC(N2CCCCC2)CC1. The van der Waals surface area contributed by atoms with E-state index in [0.717, 1.165) is 25.9 Å². The molecule has 0 bridgehead atoms. The molecule has 1 aliphatic carbocycles. The Kier molecular flexibility index (Phi) is 6.28. The van der Waals surface area contributed by atoms with Crippen molar-refractivity contribution in [2.75, 3.05) is 39.5 Å². The van der Waals surface area contributed by atoms with Crippen LogP contribution in [0.3, 0.4) is 0 Å². The molecular formula is C23H30N4O4S. The maximum Gasteiger partial charge on any atom is 0.241 e. The molecule has 4 aliphatic heterocycles. The average Bonchev–Trinajstić information content (AvgIpc) is 3.28. The normalized spacial score (nSPS) is 26.5. The summed E-state index contributed by atoms with van der Waals surface area (Å²) in [5.74, 6) is 0.724. The van der Waals surface area contributed by atoms with Gasteiger partial charge in [0.2, 0.25) is 23.7 Å². The number of aliphatic imine (C=N–C) groups is 1. The first kappa shape index (κ1) is 21.6. The number of carbonyl (C=O) groups is 2. The van der Waals surface area contributed by atoms with Gasteiger partial charge in [0.25, 0.3) is 0 Å². The van der Waals surface area contributed by atoms with Crippen LogP contribution in [0.2, 0.25) is 0 Å². The van der Waals surface area contributed by atoms with Crippen LogP contribution in [0.1, 0.15) is 44.9 Å². The minimum atomic E-state index is -0.508. The van der Waals surface area contributed by atoms with Gasteiger partial charge in [-0.2, -0.15) is 0 Å². The van der Waals surface area contributed by atoms with Crippen molar-refractivity contribution in [3.05, 3.63) is 23.7 Å². The van der Waals surface area contributed by atoms with Crippen molar-refractivity contribution in [3.8, 4) is 0 Å². The van der Waals surface area contributed by atoms with E-state index in [-0.39, 0.29) is 23.7 Å². The Morgan fingerprint density at radius 3 is 2.62 bits per heavy atom. The van der Waals surface area contributed by atoms with Crippen LogP contribution in [-0.4, -0.2) is 82.9 Å². The van der Waals surface area contributed by atoms with Crippen molar-refractivity contribution in [2.45, 2.75) is 51.0 Å². The number of likely N-dealkylation sites (tertiary alicyclic amines) is 2. The summed E-state index contributed by atoms with van der Waals surface area (Å²) in [5, 5.41) is 0.253. The maximum absolute atomic E-state index is 13.0. The third kappa shape index (κ3) is 4.32. The average molecular weight is 459 g/mol. The standard InChI is InChI=1S/C23H30N4O4S/c28-21(26-11-6-16(7-12-26)25-8-2-1-3-9-25)5-4-10-27-22(29)17-13-19-20(31-15-30-19)14-18(17)24-23(27)32/h13-14,16-17H,1-12,15H2. The second-order valence-electron chi connectivity index (χ2n) is 9.04. The summed E-state index contributed by atoms with van der Waals surface area (Å²) >= 11 is 5.37. The molecule has 3 fully saturated rings. The quantitative estimate of drug-likeness (QED) is 0.588. The number of hydrogen-bond donors (Lipinski definition) is 0. The highest BCUT2D eigenvalue weighted by molar-refractivity contribution is 7.80. The smallest absolute Gasteiger partial charge is 0.241 e. The molecule has 0 aromatic rings. The third-order valence-corrected chi connectivity index (χ3v) is 7.38. The van der Waals surface area contributed by atoms with E-state index in [2.05, 4.69) is 9.89 Å². The molecule has 32 heavy (non-hydrogen) atoms. The maximum atomic E-state index is 13.0. The summed E-state index contributed by atoms with van der Waals surface area (Å²) in [6.45, 7) is 4.64. The van der Waals surface area contributed by atoms with E-state index in [0.29, 0.717) is 42.7 Å². The summed E-state index contributed by atoms with van der Waals surface area (Å²) in [6, 6.07) is 0.628. The van der Waals surface area contributed by atoms with Gasteiger partial charge in [-0.15, -0.1) is 0 Å². The van der Waals surface area contributed by atoms with Gasteiger partial charge in [-0.25, -0.2) is 4.99 Å². The molecule has 1 unspecified atom stereocenters. The van der Waals surface area contributed by atoms with E-state index in [1.165, 1.54) is 37.3 Å². The molecule has 2 amide bonds. The molecule has 3 saturated heterocycles. The molecule has 1 atom stereocenters. The Bertz CT molecular complexity index is 884. The first-order valence-corrected chi connectivity index (χ1v) is 12.2. The number of ether oxygens (including phenoxy) is 2. The Labute approximate surface area is 193 Å². The minimum Gasteiger partial charge on any atom is -0.454 e. The molecule has 5 rings (SSSR count). The second kappa shape index (κ2) is 9.31. The zero-order valence-electron chi connectivity index (χ0n) is 18.3. The number of nitrogens with zero attached hydrogens (tertiary/aromatic N) is 4. The molecule has 8 nitrogen and oxygen atoms in total. The zero-order valence-corrected chi connectivity index (χ0v) is 19.1. The number of fused-ring (bicyclic) bond motifs is 2. The van der Waals surface area contributed by atoms with Crippen LogP contribution in [0.5, 0.6) is 0 Å². The van der Waals surface area contributed by atoms with Crippen LogP contribution in [0.25, 0.3) is 0 Å². The van der Waals surface area contributed by atoms with Crippen LogP contribution >= 0.6 is 12.2 Å². The number of thiocarbonyl (C=S) groups is 1. The van der Waals surface area contributed by atoms with Crippen LogP contribution in [0.15, 0.2) is 28.7 Å². The highest BCUT2D eigenvalue weighted by Gasteiger charge is 2.38. The lowest BCUT2D eigenvalue weighted by atomic mass is 9.93. The summed E-state index contributed by atoms with van der Waals surface area (Å²) in [5.41, 5.74) is 0.591. The van der Waals surface area contributed by atoms with Crippen LogP contribution in [0.4, 0.5) is 0 Å². The van der Waals surface area contributed by atoms with Crippen molar-refractivity contribution in [2.24, 2.45) is 10.9 Å². The van der Waals surface area contributed by atoms with Gasteiger partial charge < -0.3 is 19.3 Å². The fourth-order valence-corrected chi connectivity index (χ4v) is 5.54. The van der Waals surface area contributed by atoms with E-state index in [1.807, 2.05) is 4.90 Å². The first-order valence-electron chi connectivity index (χ1n) is 11.8. The molecule has 0 aromatic carbocycles. The first-order chi connectivity index (χ1) is 15.6. The van der Waals surface area contributed by atoms with E-state index in [1.54, 1.807) is 12.2 Å². The molecule has 172 valence electrons. The lowest BCUT2D eigenvalue weighted by Crippen LogP contribution is -2.48. The lowest BCUT2D eigenvalue weighted by Gasteiger charge is -2.40. The summed E-state index contributed by atoms with van der Waals surface area (Å²) in [4.78, 5) is 36.3. The molecule has 0 spiro atoms. The second-order valence-corrected chi connectivity index (χ2v) is 9.41. The fourth-order valence-electron chi connectivity index (χ4n) is 5.25. The highest BCUT2D eigenvalue weighted by atomic mass is 32.1. The lowest BCUT2D eigenvalue weighted by molar-refractivity contribution is -0.134. The van der Waals surface area contributed by atoms with Crippen molar-refractivity contribution in [1.82, 2.24) is 14.7 Å². The molecule has 5 aliphatic rings. The van der Waals surface area contributed by atoms with Gasteiger partial charge in [-0.3, -0.25) is 14.5 Å². The molecule has 0 aromatic heterocycles. The summed E-state index contributed by atoms with van der Waals surface area (Å²) < 4.78 is 10.8. The van der Waals surface area contributed by atoms with Gasteiger partial charge in [-0.1, -0.05) is 6.42 Å².